The first kappa shape index (κ1) is 16.7. The van der Waals surface area contributed by atoms with Gasteiger partial charge >= 0.3 is 5.97 Å². The van der Waals surface area contributed by atoms with Crippen molar-refractivity contribution >= 4 is 16.0 Å². The maximum atomic E-state index is 12.1. The van der Waals surface area contributed by atoms with Crippen molar-refractivity contribution < 1.29 is 18.3 Å². The van der Waals surface area contributed by atoms with Crippen molar-refractivity contribution in [2.45, 2.75) is 32.7 Å². The minimum Gasteiger partial charge on any atom is -0.480 e. The van der Waals surface area contributed by atoms with E-state index in [9.17, 15) is 18.3 Å². The number of carboxylic acid groups (broad SMARTS) is 1. The number of hydrogen-bond donors (Lipinski definition) is 2. The van der Waals surface area contributed by atoms with Gasteiger partial charge in [0.25, 0.3) is 0 Å². The van der Waals surface area contributed by atoms with E-state index in [1.807, 2.05) is 13.8 Å². The van der Waals surface area contributed by atoms with Gasteiger partial charge in [0.2, 0.25) is 10.0 Å². The molecule has 0 saturated carbocycles. The van der Waals surface area contributed by atoms with Crippen molar-refractivity contribution in [3.63, 3.8) is 0 Å². The zero-order valence-electron chi connectivity index (χ0n) is 11.7. The van der Waals surface area contributed by atoms with Crippen LogP contribution in [0.3, 0.4) is 0 Å². The summed E-state index contributed by atoms with van der Waals surface area (Å²) in [6.45, 7) is 3.85. The Labute approximate surface area is 120 Å². The lowest BCUT2D eigenvalue weighted by molar-refractivity contribution is -0.139. The largest absolute Gasteiger partial charge is 0.480 e. The molecule has 0 aliphatic rings. The Balaban J connectivity index is 2.89. The molecule has 1 aromatic rings. The topological polar surface area (TPSA) is 83.5 Å². The number of aliphatic carboxylic acids is 1. The monoisotopic (exact) mass is 299 g/mol. The average molecular weight is 299 g/mol. The van der Waals surface area contributed by atoms with Gasteiger partial charge in [0.1, 0.15) is 6.04 Å². The van der Waals surface area contributed by atoms with Crippen molar-refractivity contribution in [3.8, 4) is 0 Å². The van der Waals surface area contributed by atoms with Gasteiger partial charge in [-0.15, -0.1) is 0 Å². The van der Waals surface area contributed by atoms with E-state index in [1.165, 1.54) is 0 Å². The van der Waals surface area contributed by atoms with Crippen LogP contribution in [0, 0.1) is 5.92 Å². The average Bonchev–Trinajstić information content (AvgIpc) is 2.43. The quantitative estimate of drug-likeness (QED) is 0.770. The zero-order chi connectivity index (χ0) is 15.2. The van der Waals surface area contributed by atoms with Gasteiger partial charge < -0.3 is 5.11 Å². The van der Waals surface area contributed by atoms with Crippen molar-refractivity contribution in [2.24, 2.45) is 5.92 Å². The molecule has 0 saturated heterocycles. The summed E-state index contributed by atoms with van der Waals surface area (Å²) in [5.74, 6) is -1.21. The number of carboxylic acids is 1. The van der Waals surface area contributed by atoms with E-state index in [-0.39, 0.29) is 11.7 Å². The van der Waals surface area contributed by atoms with Gasteiger partial charge in [0.15, 0.2) is 0 Å². The van der Waals surface area contributed by atoms with Gasteiger partial charge in [-0.25, -0.2) is 8.42 Å². The zero-order valence-corrected chi connectivity index (χ0v) is 12.6. The number of nitrogens with one attached hydrogen (secondary N) is 1. The van der Waals surface area contributed by atoms with E-state index in [4.69, 9.17) is 0 Å². The molecule has 2 N–H and O–H groups in total. The molecule has 0 unspecified atom stereocenters. The van der Waals surface area contributed by atoms with Crippen molar-refractivity contribution in [3.05, 3.63) is 35.9 Å². The van der Waals surface area contributed by atoms with Gasteiger partial charge in [-0.3, -0.25) is 4.79 Å². The van der Waals surface area contributed by atoms with Crippen molar-refractivity contribution in [2.75, 3.05) is 5.75 Å². The summed E-state index contributed by atoms with van der Waals surface area (Å²) in [5.41, 5.74) is 0.424. The molecule has 20 heavy (non-hydrogen) atoms. The molecule has 5 nitrogen and oxygen atoms in total. The first-order valence-electron chi connectivity index (χ1n) is 6.67. The van der Waals surface area contributed by atoms with Crippen LogP contribution in [0.5, 0.6) is 0 Å². The Bertz CT molecular complexity index is 523. The minimum atomic E-state index is -3.63. The van der Waals surface area contributed by atoms with Crippen molar-refractivity contribution in [1.29, 1.82) is 0 Å². The lowest BCUT2D eigenvalue weighted by Crippen LogP contribution is -2.36. The third-order valence-corrected chi connectivity index (χ3v) is 4.79. The van der Waals surface area contributed by atoms with Gasteiger partial charge in [-0.2, -0.15) is 4.72 Å². The van der Waals surface area contributed by atoms with Crippen LogP contribution in [0.25, 0.3) is 0 Å². The third kappa shape index (κ3) is 4.94. The van der Waals surface area contributed by atoms with E-state index < -0.39 is 22.0 Å². The Morgan fingerprint density at radius 2 is 1.75 bits per heavy atom. The standard InChI is InChI=1S/C14H21NO4S/c1-3-11(4-2)10-20(18,19)15-13(14(16)17)12-8-6-5-7-9-12/h5-9,11,13,15H,3-4,10H2,1-2H3,(H,16,17)/t13-/m0/s1. The van der Waals surface area contributed by atoms with Gasteiger partial charge in [0.05, 0.1) is 5.75 Å². The third-order valence-electron chi connectivity index (χ3n) is 3.29. The molecule has 0 radical (unpaired) electrons. The van der Waals surface area contributed by atoms with Gasteiger partial charge in [-0.05, 0) is 11.5 Å². The van der Waals surface area contributed by atoms with Crippen LogP contribution in [0.2, 0.25) is 0 Å². The molecule has 1 rings (SSSR count). The molecule has 112 valence electrons. The highest BCUT2D eigenvalue weighted by Crippen LogP contribution is 2.16. The predicted octanol–water partition coefficient (Wildman–Crippen LogP) is 2.17. The molecule has 1 aromatic carbocycles. The Morgan fingerprint density at radius 1 is 1.20 bits per heavy atom. The second-order valence-electron chi connectivity index (χ2n) is 4.76. The summed E-state index contributed by atoms with van der Waals surface area (Å²) in [5, 5.41) is 9.21. The molecule has 0 aliphatic heterocycles. The number of sulfonamides is 1. The van der Waals surface area contributed by atoms with E-state index >= 15 is 0 Å². The Kier molecular flexibility index (Phi) is 6.16. The van der Waals surface area contributed by atoms with Crippen LogP contribution in [0.1, 0.15) is 38.3 Å². The second-order valence-corrected chi connectivity index (χ2v) is 6.56. The molecule has 0 aromatic heterocycles. The molecule has 0 fully saturated rings. The van der Waals surface area contributed by atoms with Crippen LogP contribution in [0.15, 0.2) is 30.3 Å². The summed E-state index contributed by atoms with van der Waals surface area (Å²) in [4.78, 5) is 11.3. The molecule has 0 spiro atoms. The molecule has 0 amide bonds. The maximum Gasteiger partial charge on any atom is 0.326 e. The highest BCUT2D eigenvalue weighted by atomic mass is 32.2. The Morgan fingerprint density at radius 3 is 2.20 bits per heavy atom. The molecule has 0 heterocycles. The van der Waals surface area contributed by atoms with Gasteiger partial charge in [0, 0.05) is 0 Å². The first-order chi connectivity index (χ1) is 9.39. The first-order valence-corrected chi connectivity index (χ1v) is 8.32. The number of rotatable bonds is 8. The van der Waals surface area contributed by atoms with E-state index in [0.29, 0.717) is 5.56 Å². The smallest absolute Gasteiger partial charge is 0.326 e. The SMILES string of the molecule is CCC(CC)CS(=O)(=O)N[C@H](C(=O)O)c1ccccc1. The summed E-state index contributed by atoms with van der Waals surface area (Å²) >= 11 is 0. The summed E-state index contributed by atoms with van der Waals surface area (Å²) < 4.78 is 26.4. The lowest BCUT2D eigenvalue weighted by atomic mass is 10.1. The summed E-state index contributed by atoms with van der Waals surface area (Å²) in [7, 11) is -3.63. The fourth-order valence-electron chi connectivity index (χ4n) is 1.97. The molecular weight excluding hydrogens is 278 g/mol. The van der Waals surface area contributed by atoms with E-state index in [0.717, 1.165) is 12.8 Å². The molecule has 0 aliphatic carbocycles. The number of carbonyl (C=O) groups is 1. The number of benzene rings is 1. The lowest BCUT2D eigenvalue weighted by Gasteiger charge is -2.18. The van der Waals surface area contributed by atoms with Crippen LogP contribution in [-0.4, -0.2) is 25.2 Å². The molecule has 1 atom stereocenters. The molecular formula is C14H21NO4S. The fourth-order valence-corrected chi connectivity index (χ4v) is 3.75. The van der Waals surface area contributed by atoms with Crippen molar-refractivity contribution in [1.82, 2.24) is 4.72 Å². The highest BCUT2D eigenvalue weighted by Gasteiger charge is 2.26. The predicted molar refractivity (Wildman–Crippen MR) is 77.8 cm³/mol. The maximum absolute atomic E-state index is 12.1. The normalized spacial score (nSPS) is 13.3. The Hall–Kier alpha value is -1.40. The van der Waals surface area contributed by atoms with Crippen LogP contribution in [-0.2, 0) is 14.8 Å². The summed E-state index contributed by atoms with van der Waals surface area (Å²) in [6, 6.07) is 7.06. The van der Waals surface area contributed by atoms with E-state index in [1.54, 1.807) is 30.3 Å². The second kappa shape index (κ2) is 7.40. The highest BCUT2D eigenvalue weighted by molar-refractivity contribution is 7.89. The minimum absolute atomic E-state index is 0.0396. The number of hydrogen-bond acceptors (Lipinski definition) is 3. The van der Waals surface area contributed by atoms with Crippen LogP contribution < -0.4 is 4.72 Å². The summed E-state index contributed by atoms with van der Waals surface area (Å²) in [6.07, 6.45) is 1.50. The van der Waals surface area contributed by atoms with Gasteiger partial charge in [-0.1, -0.05) is 57.0 Å². The fraction of sp³-hybridized carbons (Fsp3) is 0.500. The van der Waals surface area contributed by atoms with E-state index in [2.05, 4.69) is 4.72 Å². The molecule has 0 bridgehead atoms. The van der Waals surface area contributed by atoms with Crippen LogP contribution in [0.4, 0.5) is 0 Å². The molecule has 6 heteroatoms. The van der Waals surface area contributed by atoms with Crippen LogP contribution >= 0.6 is 0 Å².